The average molecular weight is 409 g/mol. The molecule has 3 aromatic heterocycles. The molecular formula is C25H24N6. The van der Waals surface area contributed by atoms with Crippen LogP contribution in [-0.2, 0) is 0 Å². The quantitative estimate of drug-likeness (QED) is 0.524. The number of aryl methyl sites for hydroxylation is 1. The zero-order valence-electron chi connectivity index (χ0n) is 17.5. The molecule has 31 heavy (non-hydrogen) atoms. The van der Waals surface area contributed by atoms with Crippen molar-refractivity contribution in [1.29, 1.82) is 0 Å². The van der Waals surface area contributed by atoms with Gasteiger partial charge in [0.25, 0.3) is 0 Å². The smallest absolute Gasteiger partial charge is 0.180 e. The van der Waals surface area contributed by atoms with Crippen LogP contribution in [0.3, 0.4) is 0 Å². The molecule has 4 aromatic rings. The van der Waals surface area contributed by atoms with Gasteiger partial charge in [-0.15, -0.1) is 0 Å². The van der Waals surface area contributed by atoms with E-state index < -0.39 is 0 Å². The van der Waals surface area contributed by atoms with E-state index in [2.05, 4.69) is 50.2 Å². The first-order valence-corrected chi connectivity index (χ1v) is 10.6. The van der Waals surface area contributed by atoms with Gasteiger partial charge in [-0.2, -0.15) is 0 Å². The number of nitrogen functional groups attached to an aromatic ring is 1. The summed E-state index contributed by atoms with van der Waals surface area (Å²) in [5, 5.41) is 0. The monoisotopic (exact) mass is 408 g/mol. The van der Waals surface area contributed by atoms with E-state index in [0.29, 0.717) is 17.3 Å². The molecule has 6 heteroatoms. The molecule has 0 spiro atoms. The Balaban J connectivity index is 1.52. The maximum atomic E-state index is 6.11. The van der Waals surface area contributed by atoms with Gasteiger partial charge < -0.3 is 10.6 Å². The summed E-state index contributed by atoms with van der Waals surface area (Å²) >= 11 is 0. The van der Waals surface area contributed by atoms with Crippen LogP contribution in [0, 0.1) is 6.92 Å². The first-order valence-electron chi connectivity index (χ1n) is 10.6. The lowest BCUT2D eigenvalue weighted by Crippen LogP contribution is -2.17. The molecule has 2 N–H and O–H groups in total. The van der Waals surface area contributed by atoms with Crippen molar-refractivity contribution in [2.24, 2.45) is 0 Å². The molecule has 0 aliphatic carbocycles. The molecule has 0 saturated carbocycles. The summed E-state index contributed by atoms with van der Waals surface area (Å²) in [4.78, 5) is 20.6. The van der Waals surface area contributed by atoms with Gasteiger partial charge in [0.2, 0.25) is 0 Å². The summed E-state index contributed by atoms with van der Waals surface area (Å²) in [6.45, 7) is 4.19. The second kappa shape index (κ2) is 8.14. The topological polar surface area (TPSA) is 80.8 Å². The Bertz CT molecular complexity index is 1230. The van der Waals surface area contributed by atoms with Gasteiger partial charge in [0.1, 0.15) is 11.5 Å². The molecule has 4 heterocycles. The van der Waals surface area contributed by atoms with E-state index in [4.69, 9.17) is 10.7 Å². The zero-order valence-corrected chi connectivity index (χ0v) is 17.5. The van der Waals surface area contributed by atoms with Gasteiger partial charge in [0, 0.05) is 54.1 Å². The van der Waals surface area contributed by atoms with Gasteiger partial charge >= 0.3 is 0 Å². The normalized spacial score (nSPS) is 13.5. The summed E-state index contributed by atoms with van der Waals surface area (Å²) in [6, 6.07) is 18.3. The molecule has 0 atom stereocenters. The molecule has 154 valence electrons. The second-order valence-electron chi connectivity index (χ2n) is 7.87. The molecule has 1 aromatic carbocycles. The number of hydrogen-bond acceptors (Lipinski definition) is 6. The van der Waals surface area contributed by atoms with E-state index in [-0.39, 0.29) is 0 Å². The van der Waals surface area contributed by atoms with Crippen molar-refractivity contribution in [1.82, 2.24) is 19.9 Å². The number of nitrogens with two attached hydrogens (primary N) is 1. The highest BCUT2D eigenvalue weighted by atomic mass is 15.1. The Morgan fingerprint density at radius 3 is 2.42 bits per heavy atom. The molecule has 5 rings (SSSR count). The van der Waals surface area contributed by atoms with Crippen LogP contribution in [0.2, 0.25) is 0 Å². The van der Waals surface area contributed by atoms with Crippen molar-refractivity contribution >= 4 is 11.5 Å². The Labute approximate surface area is 181 Å². The van der Waals surface area contributed by atoms with Crippen LogP contribution in [0.5, 0.6) is 0 Å². The number of nitrogens with zero attached hydrogens (tertiary/aromatic N) is 5. The second-order valence-corrected chi connectivity index (χ2v) is 7.87. The molecule has 0 amide bonds. The van der Waals surface area contributed by atoms with E-state index in [1.165, 1.54) is 18.5 Å². The Morgan fingerprint density at radius 2 is 1.58 bits per heavy atom. The SMILES string of the molecule is Cc1cccc(-c2nc(N)cc(-c3cncc(-c4cccc(N5CCCC5)c4)c3)n2)n1. The van der Waals surface area contributed by atoms with Gasteiger partial charge in [-0.05, 0) is 55.7 Å². The lowest BCUT2D eigenvalue weighted by Gasteiger charge is -2.18. The van der Waals surface area contributed by atoms with Crippen LogP contribution in [0.15, 0.2) is 67.0 Å². The lowest BCUT2D eigenvalue weighted by atomic mass is 10.0. The Kier molecular flexibility index (Phi) is 5.04. The van der Waals surface area contributed by atoms with Crippen LogP contribution in [-0.4, -0.2) is 33.0 Å². The molecular weight excluding hydrogens is 384 g/mol. The average Bonchev–Trinajstić information content (AvgIpc) is 3.34. The Hall–Kier alpha value is -3.80. The van der Waals surface area contributed by atoms with Gasteiger partial charge in [0.05, 0.1) is 5.69 Å². The maximum absolute atomic E-state index is 6.11. The Morgan fingerprint density at radius 1 is 0.774 bits per heavy atom. The van der Waals surface area contributed by atoms with E-state index >= 15 is 0 Å². The molecule has 6 nitrogen and oxygen atoms in total. The number of benzene rings is 1. The standard InChI is InChI=1S/C25H24N6/c1-17-6-4-9-22(28-17)25-29-23(14-24(26)30-25)20-12-19(15-27-16-20)18-7-5-8-21(13-18)31-10-2-3-11-31/h4-9,12-16H,2-3,10-11H2,1H3,(H2,26,29,30). The zero-order chi connectivity index (χ0) is 21.2. The van der Waals surface area contributed by atoms with Crippen LogP contribution in [0.1, 0.15) is 18.5 Å². The van der Waals surface area contributed by atoms with Crippen molar-refractivity contribution in [3.63, 3.8) is 0 Å². The van der Waals surface area contributed by atoms with E-state index in [9.17, 15) is 0 Å². The third kappa shape index (κ3) is 4.10. The van der Waals surface area contributed by atoms with Crippen molar-refractivity contribution in [3.8, 4) is 33.9 Å². The fraction of sp³-hybridized carbons (Fsp3) is 0.200. The molecule has 1 saturated heterocycles. The van der Waals surface area contributed by atoms with E-state index in [0.717, 1.165) is 41.2 Å². The van der Waals surface area contributed by atoms with E-state index in [1.807, 2.05) is 37.5 Å². The van der Waals surface area contributed by atoms with Crippen molar-refractivity contribution in [3.05, 3.63) is 72.7 Å². The third-order valence-corrected chi connectivity index (χ3v) is 5.55. The van der Waals surface area contributed by atoms with Crippen LogP contribution in [0.25, 0.3) is 33.9 Å². The fourth-order valence-electron chi connectivity index (χ4n) is 3.99. The highest BCUT2D eigenvalue weighted by Gasteiger charge is 2.14. The number of rotatable bonds is 4. The molecule has 1 aliphatic rings. The maximum Gasteiger partial charge on any atom is 0.180 e. The summed E-state index contributed by atoms with van der Waals surface area (Å²) in [7, 11) is 0. The van der Waals surface area contributed by atoms with Gasteiger partial charge in [-0.1, -0.05) is 18.2 Å². The minimum absolute atomic E-state index is 0.407. The van der Waals surface area contributed by atoms with Gasteiger partial charge in [-0.25, -0.2) is 15.0 Å². The lowest BCUT2D eigenvalue weighted by molar-refractivity contribution is 0.949. The van der Waals surface area contributed by atoms with Crippen molar-refractivity contribution in [2.75, 3.05) is 23.7 Å². The molecule has 1 aliphatic heterocycles. The van der Waals surface area contributed by atoms with Gasteiger partial charge in [-0.3, -0.25) is 4.98 Å². The van der Waals surface area contributed by atoms with Crippen LogP contribution >= 0.6 is 0 Å². The highest BCUT2D eigenvalue weighted by molar-refractivity contribution is 5.74. The predicted octanol–water partition coefficient (Wildman–Crippen LogP) is 4.76. The van der Waals surface area contributed by atoms with Crippen LogP contribution < -0.4 is 10.6 Å². The fourth-order valence-corrected chi connectivity index (χ4v) is 3.99. The van der Waals surface area contributed by atoms with Gasteiger partial charge in [0.15, 0.2) is 5.82 Å². The predicted molar refractivity (Wildman–Crippen MR) is 125 cm³/mol. The minimum Gasteiger partial charge on any atom is -0.384 e. The number of pyridine rings is 2. The van der Waals surface area contributed by atoms with Crippen LogP contribution in [0.4, 0.5) is 11.5 Å². The molecule has 0 unspecified atom stereocenters. The summed E-state index contributed by atoms with van der Waals surface area (Å²) in [5.74, 6) is 0.921. The van der Waals surface area contributed by atoms with Crippen molar-refractivity contribution in [2.45, 2.75) is 19.8 Å². The highest BCUT2D eigenvalue weighted by Crippen LogP contribution is 2.29. The molecule has 0 radical (unpaired) electrons. The minimum atomic E-state index is 0.407. The van der Waals surface area contributed by atoms with Crippen molar-refractivity contribution < 1.29 is 0 Å². The third-order valence-electron chi connectivity index (χ3n) is 5.55. The first-order chi connectivity index (χ1) is 15.2. The molecule has 1 fully saturated rings. The summed E-state index contributed by atoms with van der Waals surface area (Å²) in [5.41, 5.74) is 12.8. The first kappa shape index (κ1) is 19.2. The number of aromatic nitrogens is 4. The van der Waals surface area contributed by atoms with E-state index in [1.54, 1.807) is 6.07 Å². The number of anilines is 2. The largest absolute Gasteiger partial charge is 0.384 e. The number of hydrogen-bond donors (Lipinski definition) is 1. The summed E-state index contributed by atoms with van der Waals surface area (Å²) in [6.07, 6.45) is 6.21. The molecule has 0 bridgehead atoms. The summed E-state index contributed by atoms with van der Waals surface area (Å²) < 4.78 is 0.